The van der Waals surface area contributed by atoms with E-state index in [9.17, 15) is 9.59 Å². The Morgan fingerprint density at radius 1 is 0.750 bits per heavy atom. The molecule has 0 fully saturated rings. The molecule has 5 nitrogen and oxygen atoms in total. The molecule has 2 aromatic rings. The zero-order chi connectivity index (χ0) is 23.0. The molecule has 32 heavy (non-hydrogen) atoms. The number of rotatable bonds is 14. The Bertz CT molecular complexity index is 837. The van der Waals surface area contributed by atoms with E-state index >= 15 is 0 Å². The van der Waals surface area contributed by atoms with E-state index in [0.29, 0.717) is 24.5 Å². The van der Waals surface area contributed by atoms with Crippen molar-refractivity contribution in [3.05, 3.63) is 65.7 Å². The van der Waals surface area contributed by atoms with Gasteiger partial charge in [0.1, 0.15) is 11.5 Å². The third kappa shape index (κ3) is 9.82. The normalized spacial score (nSPS) is 10.8. The molecule has 0 saturated carbocycles. The summed E-state index contributed by atoms with van der Waals surface area (Å²) >= 11 is 0. The van der Waals surface area contributed by atoms with Gasteiger partial charge in [-0.25, -0.2) is 9.59 Å². The van der Waals surface area contributed by atoms with Gasteiger partial charge < -0.3 is 14.2 Å². The van der Waals surface area contributed by atoms with Crippen molar-refractivity contribution in [3.63, 3.8) is 0 Å². The topological polar surface area (TPSA) is 61.8 Å². The maximum atomic E-state index is 12.1. The Hall–Kier alpha value is -3.08. The summed E-state index contributed by atoms with van der Waals surface area (Å²) in [5, 5.41) is 0. The molecular weight excluding hydrogens is 404 g/mol. The minimum absolute atomic E-state index is 0.322. The molecule has 0 unspecified atom stereocenters. The highest BCUT2D eigenvalue weighted by Gasteiger charge is 2.07. The first kappa shape index (κ1) is 25.2. The predicted octanol–water partition coefficient (Wildman–Crippen LogP) is 6.61. The average molecular weight is 439 g/mol. The van der Waals surface area contributed by atoms with Crippen LogP contribution in [0, 0.1) is 0 Å². The molecule has 0 N–H and O–H groups in total. The van der Waals surface area contributed by atoms with E-state index in [1.807, 2.05) is 0 Å². The molecule has 5 heteroatoms. The summed E-state index contributed by atoms with van der Waals surface area (Å²) in [5.41, 5.74) is 1.29. The van der Waals surface area contributed by atoms with Gasteiger partial charge in [-0.15, -0.1) is 0 Å². The lowest BCUT2D eigenvalue weighted by atomic mass is 10.1. The first-order valence-electron chi connectivity index (χ1n) is 11.5. The van der Waals surface area contributed by atoms with Crippen LogP contribution in [0.5, 0.6) is 11.5 Å². The van der Waals surface area contributed by atoms with Crippen LogP contribution in [-0.2, 0) is 9.53 Å². The van der Waals surface area contributed by atoms with Gasteiger partial charge in [0.15, 0.2) is 0 Å². The van der Waals surface area contributed by atoms with Crippen molar-refractivity contribution in [1.29, 1.82) is 0 Å². The van der Waals surface area contributed by atoms with Crippen molar-refractivity contribution >= 4 is 18.0 Å². The number of esters is 2. The van der Waals surface area contributed by atoms with Gasteiger partial charge in [0.25, 0.3) is 0 Å². The molecule has 0 heterocycles. The molecule has 0 atom stereocenters. The van der Waals surface area contributed by atoms with E-state index < -0.39 is 5.97 Å². The van der Waals surface area contributed by atoms with Crippen LogP contribution in [0.4, 0.5) is 0 Å². The van der Waals surface area contributed by atoms with Crippen LogP contribution in [0.3, 0.4) is 0 Å². The maximum absolute atomic E-state index is 12.1. The molecule has 172 valence electrons. The minimum Gasteiger partial charge on any atom is -0.494 e. The monoisotopic (exact) mass is 438 g/mol. The summed E-state index contributed by atoms with van der Waals surface area (Å²) in [6, 6.07) is 13.9. The molecule has 0 saturated heterocycles. The molecule has 0 spiro atoms. The second-order valence-corrected chi connectivity index (χ2v) is 7.60. The van der Waals surface area contributed by atoms with Crippen molar-refractivity contribution in [3.8, 4) is 11.5 Å². The molecule has 0 bridgehead atoms. The Morgan fingerprint density at radius 2 is 1.41 bits per heavy atom. The van der Waals surface area contributed by atoms with Gasteiger partial charge in [-0.1, -0.05) is 58.1 Å². The third-order valence-corrected chi connectivity index (χ3v) is 4.85. The van der Waals surface area contributed by atoms with E-state index in [0.717, 1.165) is 37.0 Å². The van der Waals surface area contributed by atoms with Crippen molar-refractivity contribution < 1.29 is 23.8 Å². The lowest BCUT2D eigenvalue weighted by Gasteiger charge is -2.06. The van der Waals surface area contributed by atoms with Crippen molar-refractivity contribution in [1.82, 2.24) is 0 Å². The van der Waals surface area contributed by atoms with Crippen LogP contribution >= 0.6 is 0 Å². The lowest BCUT2D eigenvalue weighted by molar-refractivity contribution is -0.128. The highest BCUT2D eigenvalue weighted by Crippen LogP contribution is 2.18. The summed E-state index contributed by atoms with van der Waals surface area (Å²) in [6.45, 7) is 5.40. The molecule has 0 radical (unpaired) electrons. The number of carbonyl (C=O) groups is 2. The van der Waals surface area contributed by atoms with E-state index in [1.165, 1.54) is 25.3 Å². The number of hydrogen-bond donors (Lipinski definition) is 0. The molecule has 2 aromatic carbocycles. The third-order valence-electron chi connectivity index (χ3n) is 4.85. The SMILES string of the molecule is CCCCCCCOC(=O)c1ccc(/C=C/C(=O)Oc2ccc(OCCCC)cc2)cc1. The first-order chi connectivity index (χ1) is 15.6. The average Bonchev–Trinajstić information content (AvgIpc) is 2.81. The van der Waals surface area contributed by atoms with Crippen molar-refractivity contribution in [2.24, 2.45) is 0 Å². The van der Waals surface area contributed by atoms with Crippen molar-refractivity contribution in [2.45, 2.75) is 58.8 Å². The number of benzene rings is 2. The Labute approximate surface area is 191 Å². The number of hydrogen-bond acceptors (Lipinski definition) is 5. The van der Waals surface area contributed by atoms with Crippen LogP contribution in [0.2, 0.25) is 0 Å². The quantitative estimate of drug-likeness (QED) is 0.144. The largest absolute Gasteiger partial charge is 0.494 e. The molecule has 2 rings (SSSR count). The zero-order valence-electron chi connectivity index (χ0n) is 19.2. The van der Waals surface area contributed by atoms with Gasteiger partial charge in [-0.2, -0.15) is 0 Å². The molecule has 0 amide bonds. The molecule has 0 aromatic heterocycles. The zero-order valence-corrected chi connectivity index (χ0v) is 19.2. The van der Waals surface area contributed by atoms with Crippen molar-refractivity contribution in [2.75, 3.05) is 13.2 Å². The fourth-order valence-corrected chi connectivity index (χ4v) is 2.94. The molecule has 0 aliphatic carbocycles. The van der Waals surface area contributed by atoms with Crippen LogP contribution in [0.1, 0.15) is 74.7 Å². The van der Waals surface area contributed by atoms with E-state index in [-0.39, 0.29) is 5.97 Å². The Kier molecular flexibility index (Phi) is 11.7. The highest BCUT2D eigenvalue weighted by molar-refractivity contribution is 5.91. The van der Waals surface area contributed by atoms with Gasteiger partial charge in [-0.05, 0) is 60.9 Å². The second kappa shape index (κ2) is 14.8. The van der Waals surface area contributed by atoms with E-state index in [2.05, 4.69) is 13.8 Å². The number of carbonyl (C=O) groups excluding carboxylic acids is 2. The van der Waals surface area contributed by atoms with Crippen LogP contribution in [0.25, 0.3) is 6.08 Å². The van der Waals surface area contributed by atoms with Gasteiger partial charge in [0.2, 0.25) is 0 Å². The van der Waals surface area contributed by atoms with Gasteiger partial charge >= 0.3 is 11.9 Å². The van der Waals surface area contributed by atoms with E-state index in [4.69, 9.17) is 14.2 Å². The van der Waals surface area contributed by atoms with Crippen LogP contribution in [0.15, 0.2) is 54.6 Å². The summed E-state index contributed by atoms with van der Waals surface area (Å²) in [5.74, 6) is 0.410. The summed E-state index contributed by atoms with van der Waals surface area (Å²) in [7, 11) is 0. The molecule has 0 aliphatic rings. The molecular formula is C27H34O5. The van der Waals surface area contributed by atoms with Crippen LogP contribution < -0.4 is 9.47 Å². The first-order valence-corrected chi connectivity index (χ1v) is 11.5. The fourth-order valence-electron chi connectivity index (χ4n) is 2.94. The van der Waals surface area contributed by atoms with Crippen LogP contribution in [-0.4, -0.2) is 25.2 Å². The van der Waals surface area contributed by atoms with Gasteiger partial charge in [-0.3, -0.25) is 0 Å². The maximum Gasteiger partial charge on any atom is 0.338 e. The van der Waals surface area contributed by atoms with Gasteiger partial charge in [0, 0.05) is 6.08 Å². The predicted molar refractivity (Wildman–Crippen MR) is 127 cm³/mol. The molecule has 0 aliphatic heterocycles. The fraction of sp³-hybridized carbons (Fsp3) is 0.407. The minimum atomic E-state index is -0.476. The summed E-state index contributed by atoms with van der Waals surface area (Å²) in [4.78, 5) is 24.1. The smallest absolute Gasteiger partial charge is 0.338 e. The Balaban J connectivity index is 1.75. The standard InChI is InChI=1S/C27H34O5/c1-3-5-7-8-9-21-31-27(29)23-13-10-22(11-14-23)12-19-26(28)32-25-17-15-24(16-18-25)30-20-6-4-2/h10-19H,3-9,20-21H2,1-2H3/b19-12+. The van der Waals surface area contributed by atoms with E-state index in [1.54, 1.807) is 54.6 Å². The second-order valence-electron chi connectivity index (χ2n) is 7.60. The number of ether oxygens (including phenoxy) is 3. The lowest BCUT2D eigenvalue weighted by Crippen LogP contribution is -2.06. The summed E-state index contributed by atoms with van der Waals surface area (Å²) < 4.78 is 16.2. The summed E-state index contributed by atoms with van der Waals surface area (Å²) in [6.07, 6.45) is 10.6. The Morgan fingerprint density at radius 3 is 2.09 bits per heavy atom. The number of unbranched alkanes of at least 4 members (excludes halogenated alkanes) is 5. The highest BCUT2D eigenvalue weighted by atomic mass is 16.5. The van der Waals surface area contributed by atoms with Gasteiger partial charge in [0.05, 0.1) is 18.8 Å².